The van der Waals surface area contributed by atoms with Gasteiger partial charge in [0, 0.05) is 53.0 Å². The molecule has 59 heavy (non-hydrogen) atoms. The number of carbonyl (C=O) groups excluding carboxylic acids is 2. The third-order valence-electron chi connectivity index (χ3n) is 9.50. The van der Waals surface area contributed by atoms with E-state index in [4.69, 9.17) is 18.9 Å². The number of carbonyl (C=O) groups is 2. The van der Waals surface area contributed by atoms with Gasteiger partial charge in [-0.25, -0.2) is 4.79 Å². The molecule has 0 unspecified atom stereocenters. The van der Waals surface area contributed by atoms with Gasteiger partial charge >= 0.3 is 5.97 Å². The van der Waals surface area contributed by atoms with Crippen molar-refractivity contribution in [1.82, 2.24) is 0 Å². The summed E-state index contributed by atoms with van der Waals surface area (Å²) in [6, 6.07) is 50.4. The van der Waals surface area contributed by atoms with E-state index in [9.17, 15) is 9.59 Å². The highest BCUT2D eigenvalue weighted by molar-refractivity contribution is 5.90. The summed E-state index contributed by atoms with van der Waals surface area (Å²) in [6.07, 6.45) is 3.69. The van der Waals surface area contributed by atoms with Crippen molar-refractivity contribution in [2.75, 3.05) is 42.8 Å². The molecule has 0 heterocycles. The molecule has 0 aliphatic heterocycles. The van der Waals surface area contributed by atoms with Gasteiger partial charge in [-0.2, -0.15) is 0 Å². The number of nitrogens with zero attached hydrogens (tertiary/aromatic N) is 2. The number of benzene rings is 6. The fourth-order valence-corrected chi connectivity index (χ4v) is 6.33. The van der Waals surface area contributed by atoms with Gasteiger partial charge in [0.05, 0.1) is 26.4 Å². The summed E-state index contributed by atoms with van der Waals surface area (Å²) >= 11 is 0. The Labute approximate surface area is 347 Å². The number of aryl methyl sites for hydroxylation is 2. The van der Waals surface area contributed by atoms with Crippen molar-refractivity contribution < 1.29 is 28.5 Å². The van der Waals surface area contributed by atoms with E-state index in [1.54, 1.807) is 0 Å². The zero-order valence-corrected chi connectivity index (χ0v) is 33.7. The van der Waals surface area contributed by atoms with Gasteiger partial charge in [-0.15, -0.1) is 0 Å². The average molecular weight is 787 g/mol. The number of ketones is 1. The lowest BCUT2D eigenvalue weighted by Gasteiger charge is -2.26. The Morgan fingerprint density at radius 1 is 0.475 bits per heavy atom. The predicted molar refractivity (Wildman–Crippen MR) is 238 cm³/mol. The van der Waals surface area contributed by atoms with E-state index < -0.39 is 5.97 Å². The molecular formula is C51H50N2O6. The van der Waals surface area contributed by atoms with Crippen LogP contribution in [0.1, 0.15) is 24.0 Å². The highest BCUT2D eigenvalue weighted by Crippen LogP contribution is 2.39. The maximum Gasteiger partial charge on any atom is 0.330 e. The zero-order chi connectivity index (χ0) is 41.4. The van der Waals surface area contributed by atoms with Crippen LogP contribution < -0.4 is 19.3 Å². The van der Waals surface area contributed by atoms with Crippen molar-refractivity contribution in [3.8, 4) is 22.6 Å². The Balaban J connectivity index is 1.16. The van der Waals surface area contributed by atoms with Gasteiger partial charge in [0.15, 0.2) is 5.78 Å². The Kier molecular flexibility index (Phi) is 14.9. The molecule has 0 bridgehead atoms. The first-order valence-electron chi connectivity index (χ1n) is 19.7. The van der Waals surface area contributed by atoms with E-state index in [0.29, 0.717) is 32.7 Å². The van der Waals surface area contributed by atoms with Crippen molar-refractivity contribution in [2.24, 2.45) is 0 Å². The minimum absolute atomic E-state index is 0.0450. The maximum atomic E-state index is 11.3. The molecule has 0 N–H and O–H groups in total. The molecule has 300 valence electrons. The van der Waals surface area contributed by atoms with Gasteiger partial charge in [-0.05, 0) is 128 Å². The molecule has 0 atom stereocenters. The third kappa shape index (κ3) is 11.8. The van der Waals surface area contributed by atoms with Gasteiger partial charge in [-0.3, -0.25) is 4.79 Å². The van der Waals surface area contributed by atoms with Gasteiger partial charge in [0.25, 0.3) is 0 Å². The van der Waals surface area contributed by atoms with E-state index in [1.165, 1.54) is 17.2 Å². The van der Waals surface area contributed by atoms with Gasteiger partial charge in [-0.1, -0.05) is 72.8 Å². The lowest BCUT2D eigenvalue weighted by atomic mass is 10.0. The van der Waals surface area contributed by atoms with Crippen LogP contribution in [0.25, 0.3) is 11.1 Å². The van der Waals surface area contributed by atoms with Crippen molar-refractivity contribution in [3.05, 3.63) is 182 Å². The first kappa shape index (κ1) is 41.7. The summed E-state index contributed by atoms with van der Waals surface area (Å²) in [5.41, 5.74) is 10.8. The first-order valence-corrected chi connectivity index (χ1v) is 19.7. The molecule has 0 amide bonds. The van der Waals surface area contributed by atoms with Crippen molar-refractivity contribution in [3.63, 3.8) is 0 Å². The van der Waals surface area contributed by atoms with Gasteiger partial charge in [0.2, 0.25) is 0 Å². The molecule has 6 rings (SSSR count). The molecule has 8 nitrogen and oxygen atoms in total. The molecule has 6 aromatic carbocycles. The second-order valence-electron chi connectivity index (χ2n) is 13.9. The Morgan fingerprint density at radius 3 is 1.20 bits per heavy atom. The van der Waals surface area contributed by atoms with Crippen LogP contribution in [-0.4, -0.2) is 44.8 Å². The fourth-order valence-electron chi connectivity index (χ4n) is 6.33. The molecule has 0 spiro atoms. The van der Waals surface area contributed by atoms with Crippen LogP contribution >= 0.6 is 0 Å². The molecule has 0 radical (unpaired) electrons. The zero-order valence-electron chi connectivity index (χ0n) is 33.7. The molecule has 0 saturated heterocycles. The second kappa shape index (κ2) is 21.0. The number of hydrogen-bond donors (Lipinski definition) is 0. The van der Waals surface area contributed by atoms with E-state index >= 15 is 0 Å². The highest BCUT2D eigenvalue weighted by atomic mass is 16.5. The molecule has 8 heteroatoms. The summed E-state index contributed by atoms with van der Waals surface area (Å²) in [5, 5.41) is 0. The van der Waals surface area contributed by atoms with E-state index in [1.807, 2.05) is 36.4 Å². The standard InChI is InChI=1S/C51H50N2O6/c1-5-48(54)37-56-33-7-34-57-49-29-25-46(26-30-49)52(42-17-9-38(3)10-18-42)44-21-13-40(14-22-44)41-15-23-45(24-16-41)53(43-19-11-39(4)12-20-43)47-27-31-50(32-28-47)58-35-8-36-59-51(55)6-2/h5-6,9-32H,1-2,7-8,33-37H2,3-4H3. The van der Waals surface area contributed by atoms with Crippen LogP contribution in [0.15, 0.2) is 171 Å². The molecule has 0 aromatic heterocycles. The van der Waals surface area contributed by atoms with E-state index in [-0.39, 0.29) is 19.0 Å². The number of hydrogen-bond acceptors (Lipinski definition) is 8. The average Bonchev–Trinajstić information content (AvgIpc) is 3.27. The smallest absolute Gasteiger partial charge is 0.330 e. The molecule has 6 aromatic rings. The second-order valence-corrected chi connectivity index (χ2v) is 13.9. The normalized spacial score (nSPS) is 10.7. The van der Waals surface area contributed by atoms with Gasteiger partial charge < -0.3 is 28.7 Å². The molecule has 0 aliphatic carbocycles. The summed E-state index contributed by atoms with van der Waals surface area (Å²) in [4.78, 5) is 27.1. The Morgan fingerprint density at radius 2 is 0.831 bits per heavy atom. The molecule has 0 fully saturated rings. The highest BCUT2D eigenvalue weighted by Gasteiger charge is 2.15. The molecule has 0 saturated carbocycles. The van der Waals surface area contributed by atoms with Crippen LogP contribution in [0, 0.1) is 13.8 Å². The molecule has 0 aliphatic rings. The van der Waals surface area contributed by atoms with Crippen LogP contribution in [0.4, 0.5) is 34.1 Å². The van der Waals surface area contributed by atoms with Crippen molar-refractivity contribution in [2.45, 2.75) is 26.7 Å². The molecular weight excluding hydrogens is 737 g/mol. The quantitative estimate of drug-likeness (QED) is 0.0405. The van der Waals surface area contributed by atoms with Crippen molar-refractivity contribution >= 4 is 45.9 Å². The lowest BCUT2D eigenvalue weighted by molar-refractivity contribution is -0.137. The van der Waals surface area contributed by atoms with Crippen LogP contribution in [-0.2, 0) is 19.1 Å². The number of ether oxygens (including phenoxy) is 4. The first-order chi connectivity index (χ1) is 28.8. The Hall–Kier alpha value is -6.90. The van der Waals surface area contributed by atoms with E-state index in [2.05, 4.69) is 146 Å². The summed E-state index contributed by atoms with van der Waals surface area (Å²) < 4.78 is 22.3. The summed E-state index contributed by atoms with van der Waals surface area (Å²) in [7, 11) is 0. The van der Waals surface area contributed by atoms with Crippen LogP contribution in [0.2, 0.25) is 0 Å². The van der Waals surface area contributed by atoms with Gasteiger partial charge in [0.1, 0.15) is 18.1 Å². The minimum Gasteiger partial charge on any atom is -0.494 e. The lowest BCUT2D eigenvalue weighted by Crippen LogP contribution is -2.10. The SMILES string of the molecule is C=CC(=O)COCCCOc1ccc(N(c2ccc(C)cc2)c2ccc(-c3ccc(N(c4ccc(C)cc4)c4ccc(OCCCOC(=O)C=C)cc4)cc3)cc2)cc1. The van der Waals surface area contributed by atoms with Crippen LogP contribution in [0.3, 0.4) is 0 Å². The summed E-state index contributed by atoms with van der Waals surface area (Å²) in [6.45, 7) is 12.7. The largest absolute Gasteiger partial charge is 0.494 e. The predicted octanol–water partition coefficient (Wildman–Crippen LogP) is 11.9. The number of anilines is 6. The topological polar surface area (TPSA) is 77.5 Å². The van der Waals surface area contributed by atoms with Crippen molar-refractivity contribution in [1.29, 1.82) is 0 Å². The fraction of sp³-hybridized carbons (Fsp3) is 0.176. The monoisotopic (exact) mass is 786 g/mol. The summed E-state index contributed by atoms with van der Waals surface area (Å²) in [5.74, 6) is 0.950. The third-order valence-corrected chi connectivity index (χ3v) is 9.50. The minimum atomic E-state index is -0.431. The van der Waals surface area contributed by atoms with E-state index in [0.717, 1.165) is 62.8 Å². The van der Waals surface area contributed by atoms with Crippen LogP contribution in [0.5, 0.6) is 11.5 Å². The number of esters is 1. The Bertz CT molecular complexity index is 2270. The number of rotatable bonds is 21. The maximum absolute atomic E-state index is 11.3.